The first-order valence-corrected chi connectivity index (χ1v) is 10.1. The number of hydrogen-bond donors (Lipinski definition) is 1. The minimum atomic E-state index is -2.87. The number of amides is 1. The maximum Gasteiger partial charge on any atom is 0.356 e. The molecular weight excluding hydrogens is 398 g/mol. The summed E-state index contributed by atoms with van der Waals surface area (Å²) >= 11 is 1.13. The number of hydrogen-bond acceptors (Lipinski definition) is 5. The summed E-state index contributed by atoms with van der Waals surface area (Å²) in [6, 6.07) is 17.2. The van der Waals surface area contributed by atoms with Crippen LogP contribution < -0.4 is 5.73 Å². The molecule has 2 aliphatic rings. The Labute approximate surface area is 170 Å². The van der Waals surface area contributed by atoms with E-state index in [1.165, 1.54) is 0 Å². The number of benzene rings is 2. The van der Waals surface area contributed by atoms with Gasteiger partial charge in [0.2, 0.25) is 5.91 Å². The van der Waals surface area contributed by atoms with Gasteiger partial charge in [0.05, 0.1) is 0 Å². The van der Waals surface area contributed by atoms with Crippen molar-refractivity contribution in [3.8, 4) is 0 Å². The second-order valence-corrected chi connectivity index (χ2v) is 7.82. The Morgan fingerprint density at radius 1 is 1.07 bits per heavy atom. The van der Waals surface area contributed by atoms with Gasteiger partial charge in [0.15, 0.2) is 6.10 Å². The van der Waals surface area contributed by atoms with Gasteiger partial charge in [-0.15, -0.1) is 11.8 Å². The van der Waals surface area contributed by atoms with E-state index in [9.17, 15) is 18.4 Å². The Morgan fingerprint density at radius 3 is 2.14 bits per heavy atom. The van der Waals surface area contributed by atoms with Crippen LogP contribution in [0.25, 0.3) is 0 Å². The molecule has 1 amide bonds. The highest BCUT2D eigenvalue weighted by Gasteiger charge is 2.53. The lowest BCUT2D eigenvalue weighted by Gasteiger charge is -2.48. The molecule has 2 aromatic rings. The number of esters is 1. The molecule has 0 aliphatic carbocycles. The smallest absolute Gasteiger partial charge is 0.356 e. The lowest BCUT2D eigenvalue weighted by atomic mass is 10.0. The summed E-state index contributed by atoms with van der Waals surface area (Å²) in [4.78, 5) is 26.3. The molecule has 0 aromatic heterocycles. The standard InChI is InChI=1S/C21H18F2N2O3S/c22-18(23)14-11-29-20-15(24)19(26)25(20)16(14)21(27)28-17(12-7-3-1-4-8-12)13-9-5-2-6-10-13/h1-10,15,17-18,20H,11,24H2/t15?,20-/m1/s1. The Balaban J connectivity index is 1.70. The van der Waals surface area contributed by atoms with E-state index in [4.69, 9.17) is 10.5 Å². The Bertz CT molecular complexity index is 913. The molecule has 0 saturated carbocycles. The van der Waals surface area contributed by atoms with E-state index in [0.29, 0.717) is 11.1 Å². The number of carbonyl (C=O) groups excluding carboxylic acids is 2. The van der Waals surface area contributed by atoms with Crippen LogP contribution in [0.2, 0.25) is 0 Å². The highest BCUT2D eigenvalue weighted by molar-refractivity contribution is 8.00. The minimum absolute atomic E-state index is 0.0778. The van der Waals surface area contributed by atoms with Crippen LogP contribution in [0.15, 0.2) is 71.9 Å². The monoisotopic (exact) mass is 416 g/mol. The Hall–Kier alpha value is -2.71. The molecule has 0 bridgehead atoms. The zero-order valence-corrected chi connectivity index (χ0v) is 16.0. The van der Waals surface area contributed by atoms with Crippen LogP contribution in [-0.2, 0) is 14.3 Å². The molecule has 0 spiro atoms. The molecule has 2 aromatic carbocycles. The van der Waals surface area contributed by atoms with Crippen molar-refractivity contribution in [1.82, 2.24) is 4.90 Å². The zero-order valence-electron chi connectivity index (χ0n) is 15.2. The fourth-order valence-electron chi connectivity index (χ4n) is 3.44. The van der Waals surface area contributed by atoms with Gasteiger partial charge in [0.25, 0.3) is 6.43 Å². The first-order chi connectivity index (χ1) is 14.0. The molecule has 1 fully saturated rings. The number of halogens is 2. The molecule has 2 heterocycles. The van der Waals surface area contributed by atoms with Crippen LogP contribution in [0.3, 0.4) is 0 Å². The summed E-state index contributed by atoms with van der Waals surface area (Å²) in [5.41, 5.74) is 6.37. The SMILES string of the molecule is NC1C(=O)N2C(C(=O)OC(c3ccccc3)c3ccccc3)=C(C(F)F)CS[C@H]12. The molecule has 1 unspecified atom stereocenters. The molecule has 5 nitrogen and oxygen atoms in total. The van der Waals surface area contributed by atoms with Crippen LogP contribution in [0.1, 0.15) is 17.2 Å². The summed E-state index contributed by atoms with van der Waals surface area (Å²) in [6.45, 7) is 0. The van der Waals surface area contributed by atoms with Gasteiger partial charge in [0, 0.05) is 11.3 Å². The third kappa shape index (κ3) is 3.54. The highest BCUT2D eigenvalue weighted by Crippen LogP contribution is 2.42. The average Bonchev–Trinajstić information content (AvgIpc) is 2.76. The normalized spacial score (nSPS) is 21.3. The molecule has 8 heteroatoms. The molecule has 2 N–H and O–H groups in total. The second kappa shape index (κ2) is 7.96. The summed E-state index contributed by atoms with van der Waals surface area (Å²) in [5, 5.41) is -0.528. The zero-order chi connectivity index (χ0) is 20.5. The van der Waals surface area contributed by atoms with E-state index in [1.54, 1.807) is 48.5 Å². The van der Waals surface area contributed by atoms with Crippen molar-refractivity contribution < 1.29 is 23.1 Å². The van der Waals surface area contributed by atoms with E-state index in [2.05, 4.69) is 0 Å². The van der Waals surface area contributed by atoms with Gasteiger partial charge in [0.1, 0.15) is 17.1 Å². The van der Waals surface area contributed by atoms with E-state index in [1.807, 2.05) is 12.1 Å². The summed E-state index contributed by atoms with van der Waals surface area (Å²) in [7, 11) is 0. The van der Waals surface area contributed by atoms with Crippen LogP contribution >= 0.6 is 11.8 Å². The van der Waals surface area contributed by atoms with Crippen molar-refractivity contribution in [2.75, 3.05) is 5.75 Å². The molecule has 4 rings (SSSR count). The van der Waals surface area contributed by atoms with Crippen molar-refractivity contribution in [2.24, 2.45) is 5.73 Å². The van der Waals surface area contributed by atoms with Gasteiger partial charge in [-0.05, 0) is 11.1 Å². The van der Waals surface area contributed by atoms with E-state index >= 15 is 0 Å². The molecule has 2 aliphatic heterocycles. The molecule has 29 heavy (non-hydrogen) atoms. The quantitative estimate of drug-likeness (QED) is 0.599. The maximum atomic E-state index is 13.6. The lowest BCUT2D eigenvalue weighted by Crippen LogP contribution is -2.68. The third-order valence-electron chi connectivity index (χ3n) is 4.93. The molecule has 1 saturated heterocycles. The van der Waals surface area contributed by atoms with E-state index in [-0.39, 0.29) is 11.4 Å². The number of nitrogens with two attached hydrogens (primary N) is 1. The largest absolute Gasteiger partial charge is 0.448 e. The van der Waals surface area contributed by atoms with Gasteiger partial charge >= 0.3 is 5.97 Å². The number of rotatable bonds is 5. The fraction of sp³-hybridized carbons (Fsp3) is 0.238. The van der Waals surface area contributed by atoms with Crippen LogP contribution in [0.5, 0.6) is 0 Å². The number of fused-ring (bicyclic) bond motifs is 1. The molecule has 150 valence electrons. The Kier molecular flexibility index (Phi) is 5.38. The van der Waals surface area contributed by atoms with E-state index in [0.717, 1.165) is 16.7 Å². The fourth-order valence-corrected chi connectivity index (χ4v) is 4.74. The number of nitrogens with zero attached hydrogens (tertiary/aromatic N) is 1. The molecule has 0 radical (unpaired) electrons. The van der Waals surface area contributed by atoms with Crippen molar-refractivity contribution in [3.63, 3.8) is 0 Å². The second-order valence-electron chi connectivity index (χ2n) is 6.72. The molecule has 2 atom stereocenters. The lowest BCUT2D eigenvalue weighted by molar-refractivity contribution is -0.153. The van der Waals surface area contributed by atoms with Crippen LogP contribution in [0.4, 0.5) is 8.78 Å². The number of β-lactam (4-membered cyclic amide) rings is 1. The minimum Gasteiger partial charge on any atom is -0.448 e. The summed E-state index contributed by atoms with van der Waals surface area (Å²) in [5.74, 6) is -1.59. The van der Waals surface area contributed by atoms with Crippen molar-refractivity contribution >= 4 is 23.6 Å². The van der Waals surface area contributed by atoms with Gasteiger partial charge < -0.3 is 10.5 Å². The predicted molar refractivity (Wildman–Crippen MR) is 105 cm³/mol. The van der Waals surface area contributed by atoms with Crippen molar-refractivity contribution in [2.45, 2.75) is 23.9 Å². The van der Waals surface area contributed by atoms with Gasteiger partial charge in [-0.1, -0.05) is 60.7 Å². The number of thioether (sulfide) groups is 1. The number of carbonyl (C=O) groups is 2. The third-order valence-corrected chi connectivity index (χ3v) is 6.25. The Morgan fingerprint density at radius 2 is 1.62 bits per heavy atom. The van der Waals surface area contributed by atoms with E-state index < -0.39 is 41.4 Å². The van der Waals surface area contributed by atoms with Gasteiger partial charge in [-0.25, -0.2) is 13.6 Å². The summed E-state index contributed by atoms with van der Waals surface area (Å²) < 4.78 is 32.9. The first-order valence-electron chi connectivity index (χ1n) is 9.01. The van der Waals surface area contributed by atoms with Gasteiger partial charge in [-0.3, -0.25) is 9.69 Å². The van der Waals surface area contributed by atoms with Crippen molar-refractivity contribution in [3.05, 3.63) is 83.1 Å². The van der Waals surface area contributed by atoms with Crippen LogP contribution in [0, 0.1) is 0 Å². The van der Waals surface area contributed by atoms with Crippen LogP contribution in [-0.4, -0.2) is 40.4 Å². The number of ether oxygens (including phenoxy) is 1. The predicted octanol–water partition coefficient (Wildman–Crippen LogP) is 3.08. The van der Waals surface area contributed by atoms with Crippen molar-refractivity contribution in [1.29, 1.82) is 0 Å². The highest BCUT2D eigenvalue weighted by atomic mass is 32.2. The summed E-state index contributed by atoms with van der Waals surface area (Å²) in [6.07, 6.45) is -3.67. The first kappa shape index (κ1) is 19.6. The maximum absolute atomic E-state index is 13.6. The number of alkyl halides is 2. The van der Waals surface area contributed by atoms with Gasteiger partial charge in [-0.2, -0.15) is 0 Å². The topological polar surface area (TPSA) is 72.6 Å². The molecular formula is C21H18F2N2O3S. The average molecular weight is 416 g/mol.